The van der Waals surface area contributed by atoms with Gasteiger partial charge in [-0.3, -0.25) is 0 Å². The summed E-state index contributed by atoms with van der Waals surface area (Å²) in [5, 5.41) is 3.13. The van der Waals surface area contributed by atoms with Gasteiger partial charge in [-0.15, -0.1) is 0 Å². The molecule has 0 spiro atoms. The van der Waals surface area contributed by atoms with Crippen LogP contribution in [-0.2, 0) is 14.2 Å². The number of methoxy groups -OCH3 is 2. The molecule has 0 unspecified atom stereocenters. The Balaban J connectivity index is 2.62. The zero-order valence-electron chi connectivity index (χ0n) is 10.9. The van der Waals surface area contributed by atoms with Crippen LogP contribution in [0.15, 0.2) is 24.3 Å². The molecule has 5 nitrogen and oxygen atoms in total. The van der Waals surface area contributed by atoms with E-state index < -0.39 is 0 Å². The van der Waals surface area contributed by atoms with E-state index >= 15 is 0 Å². The summed E-state index contributed by atoms with van der Waals surface area (Å²) in [6.07, 6.45) is -0.323. The zero-order valence-corrected chi connectivity index (χ0v) is 10.9. The van der Waals surface area contributed by atoms with Crippen LogP contribution in [0.5, 0.6) is 0 Å². The van der Waals surface area contributed by atoms with Crippen molar-refractivity contribution in [3.05, 3.63) is 29.8 Å². The molecule has 0 atom stereocenters. The van der Waals surface area contributed by atoms with Crippen molar-refractivity contribution in [2.75, 3.05) is 32.7 Å². The van der Waals surface area contributed by atoms with E-state index in [1.165, 1.54) is 0 Å². The first-order valence-corrected chi connectivity index (χ1v) is 5.78. The summed E-state index contributed by atoms with van der Waals surface area (Å²) < 4.78 is 15.1. The second-order valence-corrected chi connectivity index (χ2v) is 3.58. The Morgan fingerprint density at radius 1 is 1.33 bits per heavy atom. The monoisotopic (exact) mass is 253 g/mol. The molecule has 100 valence electrons. The second kappa shape index (κ2) is 7.68. The molecule has 0 aliphatic rings. The lowest BCUT2D eigenvalue weighted by Crippen LogP contribution is -2.23. The molecule has 1 aromatic rings. The summed E-state index contributed by atoms with van der Waals surface area (Å²) in [7, 11) is 3.15. The van der Waals surface area contributed by atoms with Gasteiger partial charge >= 0.3 is 5.97 Å². The van der Waals surface area contributed by atoms with E-state index in [9.17, 15) is 4.79 Å². The van der Waals surface area contributed by atoms with Crippen LogP contribution >= 0.6 is 0 Å². The number of benzene rings is 1. The fourth-order valence-electron chi connectivity index (χ4n) is 1.43. The molecule has 0 amide bonds. The number of hydrogen-bond donors (Lipinski definition) is 1. The van der Waals surface area contributed by atoms with Gasteiger partial charge in [-0.05, 0) is 25.1 Å². The molecular formula is C13H19NO4. The molecule has 0 heterocycles. The third-order valence-electron chi connectivity index (χ3n) is 2.37. The third-order valence-corrected chi connectivity index (χ3v) is 2.37. The Hall–Kier alpha value is -1.59. The molecule has 0 saturated heterocycles. The zero-order chi connectivity index (χ0) is 13.4. The molecule has 1 rings (SSSR count). The van der Waals surface area contributed by atoms with Crippen LogP contribution < -0.4 is 5.32 Å². The summed E-state index contributed by atoms with van der Waals surface area (Å²) >= 11 is 0. The SMILES string of the molecule is CCOC(=O)c1cccc(NCC(OC)OC)c1. The minimum absolute atomic E-state index is 0.323. The summed E-state index contributed by atoms with van der Waals surface area (Å²) in [5.41, 5.74) is 1.34. The van der Waals surface area contributed by atoms with Crippen LogP contribution in [-0.4, -0.2) is 39.6 Å². The van der Waals surface area contributed by atoms with Crippen molar-refractivity contribution in [2.24, 2.45) is 0 Å². The van der Waals surface area contributed by atoms with Crippen LogP contribution in [0.4, 0.5) is 5.69 Å². The molecule has 0 fully saturated rings. The molecule has 18 heavy (non-hydrogen) atoms. The van der Waals surface area contributed by atoms with Crippen molar-refractivity contribution in [2.45, 2.75) is 13.2 Å². The van der Waals surface area contributed by atoms with E-state index in [2.05, 4.69) is 5.32 Å². The van der Waals surface area contributed by atoms with Crippen molar-refractivity contribution in [3.8, 4) is 0 Å². The van der Waals surface area contributed by atoms with E-state index in [0.717, 1.165) is 5.69 Å². The first-order valence-electron chi connectivity index (χ1n) is 5.78. The summed E-state index contributed by atoms with van der Waals surface area (Å²) in [6.45, 7) is 2.65. The summed E-state index contributed by atoms with van der Waals surface area (Å²) in [4.78, 5) is 11.5. The van der Waals surface area contributed by atoms with Crippen molar-refractivity contribution in [1.29, 1.82) is 0 Å². The van der Waals surface area contributed by atoms with E-state index in [0.29, 0.717) is 18.7 Å². The van der Waals surface area contributed by atoms with E-state index in [1.807, 2.05) is 6.07 Å². The number of hydrogen-bond acceptors (Lipinski definition) is 5. The maximum Gasteiger partial charge on any atom is 0.338 e. The Bertz CT molecular complexity index is 377. The van der Waals surface area contributed by atoms with Crippen LogP contribution in [0.25, 0.3) is 0 Å². The van der Waals surface area contributed by atoms with Crippen LogP contribution in [0, 0.1) is 0 Å². The molecule has 0 aromatic heterocycles. The Labute approximate surface area is 107 Å². The molecule has 1 N–H and O–H groups in total. The quantitative estimate of drug-likeness (QED) is 0.594. The molecule has 0 bridgehead atoms. The van der Waals surface area contributed by atoms with Gasteiger partial charge in [0, 0.05) is 19.9 Å². The van der Waals surface area contributed by atoms with Crippen LogP contribution in [0.2, 0.25) is 0 Å². The second-order valence-electron chi connectivity index (χ2n) is 3.58. The molecule has 5 heteroatoms. The van der Waals surface area contributed by atoms with Crippen LogP contribution in [0.1, 0.15) is 17.3 Å². The summed E-state index contributed by atoms with van der Waals surface area (Å²) in [5.74, 6) is -0.323. The number of esters is 1. The first-order chi connectivity index (χ1) is 8.71. The van der Waals surface area contributed by atoms with E-state index in [1.54, 1.807) is 39.3 Å². The number of carbonyl (C=O) groups is 1. The maximum absolute atomic E-state index is 11.5. The lowest BCUT2D eigenvalue weighted by atomic mass is 10.2. The lowest BCUT2D eigenvalue weighted by Gasteiger charge is -2.15. The molecule has 0 saturated carbocycles. The smallest absolute Gasteiger partial charge is 0.338 e. The fraction of sp³-hybridized carbons (Fsp3) is 0.462. The normalized spacial score (nSPS) is 10.4. The number of nitrogens with one attached hydrogen (secondary N) is 1. The average Bonchev–Trinajstić information content (AvgIpc) is 2.40. The molecule has 0 aliphatic heterocycles. The predicted molar refractivity (Wildman–Crippen MR) is 68.7 cm³/mol. The number of carbonyl (C=O) groups excluding carboxylic acids is 1. The van der Waals surface area contributed by atoms with Gasteiger partial charge in [0.25, 0.3) is 0 Å². The fourth-order valence-corrected chi connectivity index (χ4v) is 1.43. The predicted octanol–water partition coefficient (Wildman–Crippen LogP) is 1.89. The topological polar surface area (TPSA) is 56.8 Å². The molecule has 1 aromatic carbocycles. The number of ether oxygens (including phenoxy) is 3. The van der Waals surface area contributed by atoms with Gasteiger partial charge in [0.05, 0.1) is 18.7 Å². The van der Waals surface area contributed by atoms with E-state index in [-0.39, 0.29) is 12.3 Å². The molecule has 0 aliphatic carbocycles. The first kappa shape index (κ1) is 14.5. The van der Waals surface area contributed by atoms with Gasteiger partial charge in [-0.2, -0.15) is 0 Å². The van der Waals surface area contributed by atoms with Crippen LogP contribution in [0.3, 0.4) is 0 Å². The largest absolute Gasteiger partial charge is 0.462 e. The standard InChI is InChI=1S/C13H19NO4/c1-4-18-13(15)10-6-5-7-11(8-10)14-9-12(16-2)17-3/h5-8,12,14H,4,9H2,1-3H3. The Kier molecular flexibility index (Phi) is 6.18. The van der Waals surface area contributed by atoms with Gasteiger partial charge in [-0.25, -0.2) is 4.79 Å². The third kappa shape index (κ3) is 4.35. The molecular weight excluding hydrogens is 234 g/mol. The van der Waals surface area contributed by atoms with E-state index in [4.69, 9.17) is 14.2 Å². The minimum Gasteiger partial charge on any atom is -0.462 e. The van der Waals surface area contributed by atoms with Gasteiger partial charge in [-0.1, -0.05) is 6.07 Å². The maximum atomic E-state index is 11.5. The van der Waals surface area contributed by atoms with Crippen molar-refractivity contribution in [3.63, 3.8) is 0 Å². The minimum atomic E-state index is -0.323. The Morgan fingerprint density at radius 3 is 2.67 bits per heavy atom. The van der Waals surface area contributed by atoms with Crippen molar-refractivity contribution in [1.82, 2.24) is 0 Å². The highest BCUT2D eigenvalue weighted by atomic mass is 16.7. The van der Waals surface area contributed by atoms with Gasteiger partial charge < -0.3 is 19.5 Å². The van der Waals surface area contributed by atoms with Gasteiger partial charge in [0.2, 0.25) is 0 Å². The number of anilines is 1. The average molecular weight is 253 g/mol. The Morgan fingerprint density at radius 2 is 2.06 bits per heavy atom. The van der Waals surface area contributed by atoms with Crippen molar-refractivity contribution < 1.29 is 19.0 Å². The highest BCUT2D eigenvalue weighted by Gasteiger charge is 2.08. The highest BCUT2D eigenvalue weighted by molar-refractivity contribution is 5.90. The lowest BCUT2D eigenvalue weighted by molar-refractivity contribution is -0.0914. The van der Waals surface area contributed by atoms with Gasteiger partial charge in [0.15, 0.2) is 6.29 Å². The van der Waals surface area contributed by atoms with Crippen molar-refractivity contribution >= 4 is 11.7 Å². The molecule has 0 radical (unpaired) electrons. The number of rotatable bonds is 7. The summed E-state index contributed by atoms with van der Waals surface area (Å²) in [6, 6.07) is 7.11. The van der Waals surface area contributed by atoms with Gasteiger partial charge in [0.1, 0.15) is 0 Å². The highest BCUT2D eigenvalue weighted by Crippen LogP contribution is 2.12.